The van der Waals surface area contributed by atoms with Crippen molar-refractivity contribution >= 4 is 39.6 Å². The van der Waals surface area contributed by atoms with Gasteiger partial charge in [-0.05, 0) is 43.2 Å². The number of H-pyrrole nitrogens is 2. The maximum Gasteiger partial charge on any atom is 0.315 e. The number of benzene rings is 3. The number of urea groups is 1. The molecule has 9 nitrogen and oxygen atoms in total. The minimum absolute atomic E-state index is 0.000153. The second kappa shape index (κ2) is 8.77. The van der Waals surface area contributed by atoms with Crippen molar-refractivity contribution in [1.29, 1.82) is 0 Å². The van der Waals surface area contributed by atoms with Crippen molar-refractivity contribution in [2.75, 3.05) is 18.0 Å². The lowest BCUT2D eigenvalue weighted by Gasteiger charge is -2.20. The van der Waals surface area contributed by atoms with E-state index in [0.717, 1.165) is 44.4 Å². The summed E-state index contributed by atoms with van der Waals surface area (Å²) in [5.74, 6) is 0.670. The highest BCUT2D eigenvalue weighted by Gasteiger charge is 2.44. The van der Waals surface area contributed by atoms with Crippen LogP contribution in [0.25, 0.3) is 33.5 Å². The molecule has 5 aromatic rings. The molecule has 3 amide bonds. The lowest BCUT2D eigenvalue weighted by Crippen LogP contribution is -2.43. The first kappa shape index (κ1) is 22.8. The molecule has 0 bridgehead atoms. The summed E-state index contributed by atoms with van der Waals surface area (Å²) in [7, 11) is 0. The maximum atomic E-state index is 13.3. The van der Waals surface area contributed by atoms with E-state index in [1.807, 2.05) is 80.6 Å². The Morgan fingerprint density at radius 1 is 1.00 bits per heavy atom. The van der Waals surface area contributed by atoms with Crippen LogP contribution in [0.2, 0.25) is 0 Å². The van der Waals surface area contributed by atoms with E-state index >= 15 is 0 Å². The minimum atomic E-state index is -0.691. The highest BCUT2D eigenvalue weighted by molar-refractivity contribution is 6.09. The van der Waals surface area contributed by atoms with Gasteiger partial charge in [0.05, 0.1) is 27.7 Å². The smallest absolute Gasteiger partial charge is 0.315 e. The van der Waals surface area contributed by atoms with Gasteiger partial charge in [-0.25, -0.2) is 9.78 Å². The van der Waals surface area contributed by atoms with Gasteiger partial charge in [-0.15, -0.1) is 0 Å². The summed E-state index contributed by atoms with van der Waals surface area (Å²) in [6.45, 7) is 4.98. The Labute approximate surface area is 213 Å². The molecule has 0 saturated heterocycles. The van der Waals surface area contributed by atoms with Crippen LogP contribution < -0.4 is 15.5 Å². The second-order valence-electron chi connectivity index (χ2n) is 9.77. The molecular weight excluding hydrogens is 466 g/mol. The van der Waals surface area contributed by atoms with E-state index < -0.39 is 5.41 Å². The number of nitrogens with one attached hydrogen (secondary N) is 4. The number of aromatic nitrogens is 4. The second-order valence-corrected chi connectivity index (χ2v) is 9.77. The Balaban J connectivity index is 1.21. The zero-order valence-corrected chi connectivity index (χ0v) is 20.6. The molecule has 0 fully saturated rings. The predicted octanol–water partition coefficient (Wildman–Crippen LogP) is 4.23. The van der Waals surface area contributed by atoms with Crippen LogP contribution in [-0.4, -0.2) is 45.2 Å². The molecule has 0 saturated carbocycles. The fourth-order valence-corrected chi connectivity index (χ4v) is 4.93. The fraction of sp³-hybridized carbons (Fsp3) is 0.214. The first-order valence-corrected chi connectivity index (χ1v) is 12.3. The number of carbonyl (C=O) groups excluding carboxylic acids is 2. The number of fused-ring (bicyclic) bond motifs is 3. The van der Waals surface area contributed by atoms with E-state index in [2.05, 4.69) is 25.8 Å². The molecule has 0 radical (unpaired) electrons. The van der Waals surface area contributed by atoms with Crippen molar-refractivity contribution in [3.8, 4) is 11.5 Å². The number of para-hydroxylation sites is 1. The Morgan fingerprint density at radius 2 is 1.78 bits per heavy atom. The highest BCUT2D eigenvalue weighted by atomic mass is 16.2. The van der Waals surface area contributed by atoms with E-state index in [9.17, 15) is 9.59 Å². The summed E-state index contributed by atoms with van der Waals surface area (Å²) < 4.78 is 0. The highest BCUT2D eigenvalue weighted by Crippen LogP contribution is 2.43. The zero-order valence-electron chi connectivity index (χ0n) is 20.6. The van der Waals surface area contributed by atoms with E-state index in [1.54, 1.807) is 4.90 Å². The number of amides is 3. The van der Waals surface area contributed by atoms with Crippen LogP contribution in [0.1, 0.15) is 25.0 Å². The number of anilines is 1. The molecule has 0 atom stereocenters. The maximum absolute atomic E-state index is 13.3. The SMILES string of the molecule is CC1(C)C(=O)N(CCNC(=O)NCc2ccccc2)c2cc3nc(-c4n[nH]c5ccccc45)[nH]c3cc21. The van der Waals surface area contributed by atoms with Crippen molar-refractivity contribution in [3.63, 3.8) is 0 Å². The Bertz CT molecular complexity index is 1630. The van der Waals surface area contributed by atoms with Crippen LogP contribution in [-0.2, 0) is 16.8 Å². The fourth-order valence-electron chi connectivity index (χ4n) is 4.93. The molecule has 2 aromatic heterocycles. The molecule has 186 valence electrons. The molecule has 1 aliphatic heterocycles. The normalized spacial score (nSPS) is 14.3. The van der Waals surface area contributed by atoms with Crippen molar-refractivity contribution in [3.05, 3.63) is 77.9 Å². The number of hydrogen-bond donors (Lipinski definition) is 4. The average molecular weight is 494 g/mol. The molecule has 3 heterocycles. The minimum Gasteiger partial charge on any atom is -0.337 e. The summed E-state index contributed by atoms with van der Waals surface area (Å²) in [6, 6.07) is 21.3. The largest absolute Gasteiger partial charge is 0.337 e. The van der Waals surface area contributed by atoms with Crippen molar-refractivity contribution in [2.45, 2.75) is 25.8 Å². The van der Waals surface area contributed by atoms with Gasteiger partial charge in [0.1, 0.15) is 5.69 Å². The number of aromatic amines is 2. The molecule has 3 aromatic carbocycles. The molecule has 6 rings (SSSR count). The molecule has 0 aliphatic carbocycles. The van der Waals surface area contributed by atoms with Gasteiger partial charge < -0.3 is 20.5 Å². The van der Waals surface area contributed by atoms with Gasteiger partial charge >= 0.3 is 6.03 Å². The van der Waals surface area contributed by atoms with Crippen LogP contribution in [0.5, 0.6) is 0 Å². The first-order valence-electron chi connectivity index (χ1n) is 12.3. The Morgan fingerprint density at radius 3 is 2.62 bits per heavy atom. The van der Waals surface area contributed by atoms with E-state index in [-0.39, 0.29) is 11.9 Å². The third-order valence-corrected chi connectivity index (χ3v) is 6.95. The number of rotatable bonds is 6. The Hall–Kier alpha value is -4.66. The standard InChI is InChI=1S/C28H27N7O2/c1-28(2)19-14-21-22(32-25(31-21)24-18-10-6-7-11-20(18)33-34-24)15-23(19)35(26(28)36)13-12-29-27(37)30-16-17-8-4-3-5-9-17/h3-11,14-15H,12-13,16H2,1-2H3,(H,31,32)(H,33,34)(H2,29,30,37). The molecule has 1 aliphatic rings. The van der Waals surface area contributed by atoms with Gasteiger partial charge in [-0.1, -0.05) is 48.5 Å². The van der Waals surface area contributed by atoms with Crippen molar-refractivity contribution in [2.24, 2.45) is 0 Å². The number of imidazole rings is 1. The van der Waals surface area contributed by atoms with Gasteiger partial charge in [0.25, 0.3) is 0 Å². The number of carbonyl (C=O) groups is 2. The summed E-state index contributed by atoms with van der Waals surface area (Å²) in [6.07, 6.45) is 0. The lowest BCUT2D eigenvalue weighted by atomic mass is 9.86. The average Bonchev–Trinajstić information content (AvgIpc) is 3.57. The van der Waals surface area contributed by atoms with Gasteiger partial charge in [0.2, 0.25) is 5.91 Å². The third kappa shape index (κ3) is 3.98. The topological polar surface area (TPSA) is 119 Å². The van der Waals surface area contributed by atoms with Gasteiger partial charge in [0, 0.05) is 25.0 Å². The zero-order chi connectivity index (χ0) is 25.6. The Kier molecular flexibility index (Phi) is 5.40. The summed E-state index contributed by atoms with van der Waals surface area (Å²) >= 11 is 0. The van der Waals surface area contributed by atoms with E-state index in [4.69, 9.17) is 4.98 Å². The van der Waals surface area contributed by atoms with Gasteiger partial charge in [0.15, 0.2) is 5.82 Å². The number of hydrogen-bond acceptors (Lipinski definition) is 4. The monoisotopic (exact) mass is 493 g/mol. The van der Waals surface area contributed by atoms with Crippen LogP contribution in [0.3, 0.4) is 0 Å². The van der Waals surface area contributed by atoms with Gasteiger partial charge in [-0.2, -0.15) is 5.10 Å². The molecule has 37 heavy (non-hydrogen) atoms. The molecular formula is C28H27N7O2. The first-order chi connectivity index (χ1) is 17.9. The summed E-state index contributed by atoms with van der Waals surface area (Å²) in [5.41, 5.74) is 5.38. The van der Waals surface area contributed by atoms with Gasteiger partial charge in [-0.3, -0.25) is 9.89 Å². The molecule has 0 spiro atoms. The van der Waals surface area contributed by atoms with Crippen LogP contribution in [0.15, 0.2) is 66.7 Å². The third-order valence-electron chi connectivity index (χ3n) is 6.95. The number of nitrogens with zero attached hydrogens (tertiary/aromatic N) is 3. The summed E-state index contributed by atoms with van der Waals surface area (Å²) in [5, 5.41) is 14.2. The van der Waals surface area contributed by atoms with Crippen molar-refractivity contribution in [1.82, 2.24) is 30.8 Å². The van der Waals surface area contributed by atoms with Crippen LogP contribution in [0.4, 0.5) is 10.5 Å². The molecule has 9 heteroatoms. The van der Waals surface area contributed by atoms with Crippen LogP contribution in [0, 0.1) is 0 Å². The quantitative estimate of drug-likeness (QED) is 0.283. The van der Waals surface area contributed by atoms with E-state index in [1.165, 1.54) is 0 Å². The molecule has 0 unspecified atom stereocenters. The van der Waals surface area contributed by atoms with Crippen molar-refractivity contribution < 1.29 is 9.59 Å². The van der Waals surface area contributed by atoms with Crippen LogP contribution >= 0.6 is 0 Å². The van der Waals surface area contributed by atoms with E-state index in [0.29, 0.717) is 25.5 Å². The lowest BCUT2D eigenvalue weighted by molar-refractivity contribution is -0.122. The summed E-state index contributed by atoms with van der Waals surface area (Å²) in [4.78, 5) is 35.5. The molecule has 4 N–H and O–H groups in total. The predicted molar refractivity (Wildman–Crippen MR) is 143 cm³/mol.